The second-order valence-corrected chi connectivity index (χ2v) is 10.6. The Kier molecular flexibility index (Phi) is 7.99. The van der Waals surface area contributed by atoms with Gasteiger partial charge in [0.15, 0.2) is 0 Å². The second kappa shape index (κ2) is 12.8. The number of aliphatic imine (C=N–C) groups is 4. The van der Waals surface area contributed by atoms with Crippen molar-refractivity contribution in [2.24, 2.45) is 20.0 Å². The third kappa shape index (κ3) is 6.10. The van der Waals surface area contributed by atoms with Gasteiger partial charge in [0.25, 0.3) is 0 Å². The number of hydrogen-bond donors (Lipinski definition) is 0. The number of halogens is 2. The van der Waals surface area contributed by atoms with Crippen molar-refractivity contribution < 1.29 is 8.78 Å². The van der Waals surface area contributed by atoms with E-state index in [-0.39, 0.29) is 0 Å². The van der Waals surface area contributed by atoms with Crippen molar-refractivity contribution in [1.29, 1.82) is 0 Å². The standard InChI is InChI=1S/C40H26F2N4/c41-31-21-23-33-35(25-31)46-40(30-19-11-4-12-20-30)38(28-15-7-2-8-16-28)44-34-24-22-32(42)26-36(34)45-39(29-17-9-3-10-18-29)37(43-33)27-13-5-1-6-14-27/h1-26H. The van der Waals surface area contributed by atoms with Gasteiger partial charge < -0.3 is 0 Å². The van der Waals surface area contributed by atoms with E-state index in [0.29, 0.717) is 45.6 Å². The number of nitrogens with zero attached hydrogens (tertiary/aromatic N) is 4. The highest BCUT2D eigenvalue weighted by atomic mass is 19.1. The van der Waals surface area contributed by atoms with E-state index in [1.54, 1.807) is 12.1 Å². The summed E-state index contributed by atoms with van der Waals surface area (Å²) in [6.45, 7) is 0. The molecule has 0 aliphatic carbocycles. The summed E-state index contributed by atoms with van der Waals surface area (Å²) in [4.78, 5) is 20.5. The molecule has 1 aliphatic heterocycles. The maximum absolute atomic E-state index is 15.0. The van der Waals surface area contributed by atoms with Crippen LogP contribution in [0.2, 0.25) is 0 Å². The first-order chi connectivity index (χ1) is 22.6. The van der Waals surface area contributed by atoms with Gasteiger partial charge in [-0.2, -0.15) is 0 Å². The van der Waals surface area contributed by atoms with Gasteiger partial charge in [0, 0.05) is 34.4 Å². The molecule has 4 nitrogen and oxygen atoms in total. The zero-order valence-electron chi connectivity index (χ0n) is 24.6. The van der Waals surface area contributed by atoms with E-state index >= 15 is 0 Å². The smallest absolute Gasteiger partial charge is 0.125 e. The van der Waals surface area contributed by atoms with E-state index in [4.69, 9.17) is 20.0 Å². The van der Waals surface area contributed by atoms with E-state index in [2.05, 4.69) is 0 Å². The van der Waals surface area contributed by atoms with E-state index in [0.717, 1.165) is 22.3 Å². The fourth-order valence-corrected chi connectivity index (χ4v) is 5.24. The molecular weight excluding hydrogens is 574 g/mol. The van der Waals surface area contributed by atoms with Gasteiger partial charge >= 0.3 is 0 Å². The molecule has 6 heteroatoms. The Bertz CT molecular complexity index is 1980. The van der Waals surface area contributed by atoms with Gasteiger partial charge in [-0.3, -0.25) is 0 Å². The van der Waals surface area contributed by atoms with Gasteiger partial charge in [-0.05, 0) is 24.3 Å². The first-order valence-corrected chi connectivity index (χ1v) is 14.8. The molecule has 6 aromatic rings. The highest BCUT2D eigenvalue weighted by Gasteiger charge is 2.21. The average molecular weight is 601 g/mol. The quantitative estimate of drug-likeness (QED) is 0.193. The van der Waals surface area contributed by atoms with Crippen LogP contribution in [0.4, 0.5) is 31.5 Å². The summed E-state index contributed by atoms with van der Waals surface area (Å²) in [5, 5.41) is 0. The fraction of sp³-hybridized carbons (Fsp3) is 0. The maximum Gasteiger partial charge on any atom is 0.125 e. The van der Waals surface area contributed by atoms with Crippen LogP contribution in [0.5, 0.6) is 0 Å². The van der Waals surface area contributed by atoms with E-state index in [9.17, 15) is 8.78 Å². The van der Waals surface area contributed by atoms with Crippen LogP contribution in [-0.4, -0.2) is 22.8 Å². The molecule has 0 bridgehead atoms. The average Bonchev–Trinajstić information content (AvgIpc) is 3.10. The minimum absolute atomic E-state index is 0.322. The Balaban J connectivity index is 1.64. The lowest BCUT2D eigenvalue weighted by atomic mass is 9.98. The summed E-state index contributed by atoms with van der Waals surface area (Å²) in [7, 11) is 0. The SMILES string of the molecule is Fc1ccc2c(c1)N=C(c1ccccc1)C(c1ccccc1)=Nc1ccc(F)cc1N=C(c1ccccc1)C(c1ccccc1)=N2. The summed E-state index contributed by atoms with van der Waals surface area (Å²) >= 11 is 0. The van der Waals surface area contributed by atoms with Crippen molar-refractivity contribution in [2.75, 3.05) is 0 Å². The molecule has 0 saturated heterocycles. The second-order valence-electron chi connectivity index (χ2n) is 10.6. The van der Waals surface area contributed by atoms with E-state index in [1.807, 2.05) is 121 Å². The molecular formula is C40H26F2N4. The number of rotatable bonds is 4. The Hall–Kier alpha value is -6.14. The van der Waals surface area contributed by atoms with Gasteiger partial charge in [-0.25, -0.2) is 28.8 Å². The highest BCUT2D eigenvalue weighted by molar-refractivity contribution is 6.55. The van der Waals surface area contributed by atoms with E-state index < -0.39 is 11.6 Å². The normalized spacial score (nSPS) is 13.1. The fourth-order valence-electron chi connectivity index (χ4n) is 5.24. The van der Waals surface area contributed by atoms with Crippen molar-refractivity contribution in [1.82, 2.24) is 0 Å². The summed E-state index contributed by atoms with van der Waals surface area (Å²) in [6.07, 6.45) is 0. The van der Waals surface area contributed by atoms with Crippen LogP contribution in [0.3, 0.4) is 0 Å². The topological polar surface area (TPSA) is 49.4 Å². The molecule has 46 heavy (non-hydrogen) atoms. The Morgan fingerprint density at radius 2 is 0.543 bits per heavy atom. The summed E-state index contributed by atoms with van der Waals surface area (Å²) < 4.78 is 30.0. The molecule has 0 fully saturated rings. The molecule has 0 saturated carbocycles. The third-order valence-corrected chi connectivity index (χ3v) is 7.44. The van der Waals surface area contributed by atoms with Crippen LogP contribution < -0.4 is 0 Å². The van der Waals surface area contributed by atoms with Gasteiger partial charge in [-0.1, -0.05) is 121 Å². The minimum Gasteiger partial charge on any atom is -0.244 e. The Labute approximate surface area is 265 Å². The van der Waals surface area contributed by atoms with Crippen LogP contribution in [-0.2, 0) is 0 Å². The van der Waals surface area contributed by atoms with Crippen molar-refractivity contribution in [3.63, 3.8) is 0 Å². The van der Waals surface area contributed by atoms with Crippen LogP contribution in [0, 0.1) is 11.6 Å². The first-order valence-electron chi connectivity index (χ1n) is 14.8. The highest BCUT2D eigenvalue weighted by Crippen LogP contribution is 2.35. The molecule has 0 spiro atoms. The predicted octanol–water partition coefficient (Wildman–Crippen LogP) is 10.2. The lowest BCUT2D eigenvalue weighted by Crippen LogP contribution is -2.18. The molecule has 1 aliphatic rings. The molecule has 6 aromatic carbocycles. The van der Waals surface area contributed by atoms with Gasteiger partial charge in [0.2, 0.25) is 0 Å². The molecule has 0 N–H and O–H groups in total. The Morgan fingerprint density at radius 1 is 0.283 bits per heavy atom. The Morgan fingerprint density at radius 3 is 0.826 bits per heavy atom. The van der Waals surface area contributed by atoms with Crippen molar-refractivity contribution in [3.8, 4) is 0 Å². The summed E-state index contributed by atoms with van der Waals surface area (Å²) in [6, 6.07) is 47.1. The van der Waals surface area contributed by atoms with E-state index in [1.165, 1.54) is 24.3 Å². The predicted molar refractivity (Wildman–Crippen MR) is 183 cm³/mol. The van der Waals surface area contributed by atoms with Crippen LogP contribution >= 0.6 is 0 Å². The van der Waals surface area contributed by atoms with Crippen molar-refractivity contribution >= 4 is 45.6 Å². The summed E-state index contributed by atoms with van der Waals surface area (Å²) in [5.74, 6) is -0.899. The van der Waals surface area contributed by atoms with Gasteiger partial charge in [0.05, 0.1) is 45.6 Å². The van der Waals surface area contributed by atoms with Crippen LogP contribution in [0.25, 0.3) is 0 Å². The molecule has 0 atom stereocenters. The maximum atomic E-state index is 15.0. The number of hydrogen-bond acceptors (Lipinski definition) is 4. The number of benzene rings is 6. The zero-order chi connectivity index (χ0) is 31.3. The molecule has 0 unspecified atom stereocenters. The monoisotopic (exact) mass is 600 g/mol. The van der Waals surface area contributed by atoms with Crippen LogP contribution in [0.1, 0.15) is 22.3 Å². The van der Waals surface area contributed by atoms with Gasteiger partial charge in [0.1, 0.15) is 11.6 Å². The number of fused-ring (bicyclic) bond motifs is 2. The molecule has 1 heterocycles. The minimum atomic E-state index is -0.450. The third-order valence-electron chi connectivity index (χ3n) is 7.44. The summed E-state index contributed by atoms with van der Waals surface area (Å²) in [5.41, 5.74) is 6.62. The molecule has 0 aromatic heterocycles. The van der Waals surface area contributed by atoms with Crippen LogP contribution in [0.15, 0.2) is 178 Å². The largest absolute Gasteiger partial charge is 0.244 e. The van der Waals surface area contributed by atoms with Crippen molar-refractivity contribution in [2.45, 2.75) is 0 Å². The van der Waals surface area contributed by atoms with Crippen molar-refractivity contribution in [3.05, 3.63) is 192 Å². The molecule has 7 rings (SSSR count). The first kappa shape index (κ1) is 28.6. The lowest BCUT2D eigenvalue weighted by Gasteiger charge is -2.17. The lowest BCUT2D eigenvalue weighted by molar-refractivity contribution is 0.628. The van der Waals surface area contributed by atoms with Gasteiger partial charge in [-0.15, -0.1) is 0 Å². The molecule has 0 amide bonds. The molecule has 0 radical (unpaired) electrons. The molecule has 220 valence electrons. The zero-order valence-corrected chi connectivity index (χ0v) is 24.6.